The summed E-state index contributed by atoms with van der Waals surface area (Å²) in [7, 11) is 0. The van der Waals surface area contributed by atoms with Crippen LogP contribution in [0.15, 0.2) is 48.7 Å². The number of nitrogens with one attached hydrogen (secondary N) is 1. The highest BCUT2D eigenvalue weighted by atomic mass is 19.4. The molecule has 38 heavy (non-hydrogen) atoms. The van der Waals surface area contributed by atoms with Gasteiger partial charge in [-0.2, -0.15) is 13.2 Å². The Morgan fingerprint density at radius 1 is 1.08 bits per heavy atom. The molecule has 1 aliphatic heterocycles. The Labute approximate surface area is 221 Å². The molecule has 1 aliphatic rings. The first kappa shape index (κ1) is 27.6. The third kappa shape index (κ3) is 6.17. The molecule has 0 spiro atoms. The predicted molar refractivity (Wildman–Crippen MR) is 142 cm³/mol. The van der Waals surface area contributed by atoms with Crippen LogP contribution in [-0.2, 0) is 12.6 Å². The van der Waals surface area contributed by atoms with E-state index in [2.05, 4.69) is 10.3 Å². The van der Waals surface area contributed by atoms with Gasteiger partial charge in [-0.3, -0.25) is 9.78 Å². The van der Waals surface area contributed by atoms with Crippen LogP contribution in [0.1, 0.15) is 84.5 Å². The van der Waals surface area contributed by atoms with Gasteiger partial charge in [-0.05, 0) is 60.4 Å². The highest BCUT2D eigenvalue weighted by molar-refractivity contribution is 6.01. The van der Waals surface area contributed by atoms with Gasteiger partial charge in [0.2, 0.25) is 0 Å². The van der Waals surface area contributed by atoms with Crippen LogP contribution in [0.4, 0.5) is 18.0 Å². The monoisotopic (exact) mass is 525 g/mol. The Kier molecular flexibility index (Phi) is 8.69. The molecule has 2 heterocycles. The lowest BCUT2D eigenvalue weighted by atomic mass is 9.84. The number of halogens is 3. The van der Waals surface area contributed by atoms with Gasteiger partial charge in [0.25, 0.3) is 0 Å². The third-order valence-corrected chi connectivity index (χ3v) is 7.33. The number of carbonyl (C=O) groups is 2. The number of nitrogens with zero attached hydrogens (tertiary/aromatic N) is 2. The predicted octanol–water partition coefficient (Wildman–Crippen LogP) is 7.13. The Morgan fingerprint density at radius 3 is 2.42 bits per heavy atom. The van der Waals surface area contributed by atoms with Crippen molar-refractivity contribution < 1.29 is 22.8 Å². The van der Waals surface area contributed by atoms with Crippen LogP contribution in [0.5, 0.6) is 0 Å². The first-order valence-corrected chi connectivity index (χ1v) is 13.4. The van der Waals surface area contributed by atoms with E-state index in [1.165, 1.54) is 6.20 Å². The van der Waals surface area contributed by atoms with E-state index < -0.39 is 11.7 Å². The summed E-state index contributed by atoms with van der Waals surface area (Å²) in [6.07, 6.45) is 0.297. The minimum absolute atomic E-state index is 0.0887. The number of rotatable bonds is 8. The van der Waals surface area contributed by atoms with E-state index in [0.717, 1.165) is 24.5 Å². The largest absolute Gasteiger partial charge is 0.416 e. The van der Waals surface area contributed by atoms with Crippen LogP contribution < -0.4 is 5.32 Å². The number of likely N-dealkylation sites (tertiary alicyclic amines) is 1. The van der Waals surface area contributed by atoms with E-state index in [1.807, 2.05) is 37.3 Å². The topological polar surface area (TPSA) is 62.3 Å². The van der Waals surface area contributed by atoms with Crippen LogP contribution >= 0.6 is 0 Å². The minimum Gasteiger partial charge on any atom is -0.338 e. The van der Waals surface area contributed by atoms with Gasteiger partial charge in [-0.25, -0.2) is 4.79 Å². The van der Waals surface area contributed by atoms with Crippen molar-refractivity contribution in [2.45, 2.75) is 64.5 Å². The van der Waals surface area contributed by atoms with Crippen LogP contribution in [0, 0.1) is 0 Å². The average Bonchev–Trinajstić information content (AvgIpc) is 2.92. The molecule has 0 radical (unpaired) electrons. The van der Waals surface area contributed by atoms with E-state index in [0.29, 0.717) is 55.4 Å². The van der Waals surface area contributed by atoms with Crippen molar-refractivity contribution in [1.29, 1.82) is 0 Å². The SMILES string of the molecule is CCCCNC(=O)N1CCC(c2cc3c(Cc4ccccc4)c(C(=O)CC)cnc3cc2C(F)(F)F)CC1. The maximum absolute atomic E-state index is 14.3. The molecule has 0 atom stereocenters. The molecule has 0 aliphatic carbocycles. The van der Waals surface area contributed by atoms with Gasteiger partial charge in [0.05, 0.1) is 11.1 Å². The number of amides is 2. The molecule has 0 unspecified atom stereocenters. The van der Waals surface area contributed by atoms with Crippen LogP contribution in [0.2, 0.25) is 0 Å². The molecule has 2 amide bonds. The number of aromatic nitrogens is 1. The third-order valence-electron chi connectivity index (χ3n) is 7.33. The summed E-state index contributed by atoms with van der Waals surface area (Å²) in [4.78, 5) is 31.3. The second kappa shape index (κ2) is 12.0. The lowest BCUT2D eigenvalue weighted by Crippen LogP contribution is -2.44. The van der Waals surface area contributed by atoms with Gasteiger partial charge in [-0.15, -0.1) is 0 Å². The summed E-state index contributed by atoms with van der Waals surface area (Å²) in [6.45, 7) is 5.18. The number of urea groups is 1. The molecular formula is C30H34F3N3O2. The first-order valence-electron chi connectivity index (χ1n) is 13.4. The summed E-state index contributed by atoms with van der Waals surface area (Å²) < 4.78 is 42.8. The normalized spacial score (nSPS) is 14.6. The number of pyridine rings is 1. The zero-order valence-electron chi connectivity index (χ0n) is 21.9. The highest BCUT2D eigenvalue weighted by Gasteiger charge is 2.37. The van der Waals surface area contributed by atoms with E-state index >= 15 is 0 Å². The average molecular weight is 526 g/mol. The Hall–Kier alpha value is -3.42. The number of piperidine rings is 1. The number of benzene rings is 2. The quantitative estimate of drug-likeness (QED) is 0.251. The maximum Gasteiger partial charge on any atom is 0.416 e. The number of alkyl halides is 3. The van der Waals surface area contributed by atoms with Crippen LogP contribution in [-0.4, -0.2) is 41.3 Å². The molecule has 0 bridgehead atoms. The zero-order valence-corrected chi connectivity index (χ0v) is 21.9. The smallest absolute Gasteiger partial charge is 0.338 e. The molecule has 4 rings (SSSR count). The van der Waals surface area contributed by atoms with E-state index in [1.54, 1.807) is 17.9 Å². The van der Waals surface area contributed by atoms with Gasteiger partial charge in [0.15, 0.2) is 5.78 Å². The van der Waals surface area contributed by atoms with Crippen molar-refractivity contribution >= 4 is 22.7 Å². The summed E-state index contributed by atoms with van der Waals surface area (Å²) >= 11 is 0. The molecule has 2 aromatic carbocycles. The molecule has 3 aromatic rings. The van der Waals surface area contributed by atoms with Gasteiger partial charge in [0, 0.05) is 43.2 Å². The van der Waals surface area contributed by atoms with Crippen molar-refractivity contribution in [2.75, 3.05) is 19.6 Å². The molecule has 1 fully saturated rings. The Balaban J connectivity index is 1.74. The number of ketones is 1. The van der Waals surface area contributed by atoms with Gasteiger partial charge < -0.3 is 10.2 Å². The van der Waals surface area contributed by atoms with Crippen molar-refractivity contribution in [3.8, 4) is 0 Å². The first-order chi connectivity index (χ1) is 18.2. The van der Waals surface area contributed by atoms with Crippen LogP contribution in [0.3, 0.4) is 0 Å². The number of hydrogen-bond acceptors (Lipinski definition) is 3. The molecule has 8 heteroatoms. The fraction of sp³-hybridized carbons (Fsp3) is 0.433. The minimum atomic E-state index is -4.54. The Bertz CT molecular complexity index is 1280. The van der Waals surface area contributed by atoms with Crippen LogP contribution in [0.25, 0.3) is 10.9 Å². The van der Waals surface area contributed by atoms with Gasteiger partial charge in [0.1, 0.15) is 0 Å². The van der Waals surface area contributed by atoms with Gasteiger partial charge in [-0.1, -0.05) is 50.6 Å². The molecule has 0 saturated carbocycles. The van der Waals surface area contributed by atoms with Crippen molar-refractivity contribution in [3.05, 3.63) is 76.5 Å². The summed E-state index contributed by atoms with van der Waals surface area (Å²) in [5.41, 5.74) is 1.88. The highest BCUT2D eigenvalue weighted by Crippen LogP contribution is 2.41. The van der Waals surface area contributed by atoms with E-state index in [9.17, 15) is 22.8 Å². The molecule has 202 valence electrons. The second-order valence-corrected chi connectivity index (χ2v) is 9.89. The fourth-order valence-electron chi connectivity index (χ4n) is 5.19. The summed E-state index contributed by atoms with van der Waals surface area (Å²) in [6, 6.07) is 12.2. The van der Waals surface area contributed by atoms with E-state index in [-0.39, 0.29) is 35.2 Å². The summed E-state index contributed by atoms with van der Waals surface area (Å²) in [5.74, 6) is -0.444. The fourth-order valence-corrected chi connectivity index (χ4v) is 5.19. The van der Waals surface area contributed by atoms with Gasteiger partial charge >= 0.3 is 12.2 Å². The van der Waals surface area contributed by atoms with E-state index in [4.69, 9.17) is 0 Å². The molecule has 1 aromatic heterocycles. The molecule has 1 N–H and O–H groups in total. The molecule has 1 saturated heterocycles. The molecular weight excluding hydrogens is 491 g/mol. The maximum atomic E-state index is 14.3. The zero-order chi connectivity index (χ0) is 27.3. The van der Waals surface area contributed by atoms with Crippen molar-refractivity contribution in [2.24, 2.45) is 0 Å². The van der Waals surface area contributed by atoms with Crippen molar-refractivity contribution in [3.63, 3.8) is 0 Å². The number of Topliss-reactive ketones (excluding diaryl/α,β-unsaturated/α-hetero) is 1. The lowest BCUT2D eigenvalue weighted by Gasteiger charge is -2.33. The standard InChI is InChI=1S/C30H34F3N3O2/c1-3-5-13-34-29(38)36-14-11-21(12-15-36)22-17-24-23(16-20-9-7-6-8-10-20)25(28(37)4-2)19-35-27(24)18-26(22)30(31,32)33/h6-10,17-19,21H,3-5,11-16H2,1-2H3,(H,34,38). The Morgan fingerprint density at radius 2 is 1.79 bits per heavy atom. The lowest BCUT2D eigenvalue weighted by molar-refractivity contribution is -0.138. The summed E-state index contributed by atoms with van der Waals surface area (Å²) in [5, 5.41) is 3.47. The molecule has 5 nitrogen and oxygen atoms in total. The number of unbranched alkanes of at least 4 members (excludes halogenated alkanes) is 1. The second-order valence-electron chi connectivity index (χ2n) is 9.89. The van der Waals surface area contributed by atoms with Crippen molar-refractivity contribution in [1.82, 2.24) is 15.2 Å². The number of carbonyl (C=O) groups excluding carboxylic acids is 2. The number of fused-ring (bicyclic) bond motifs is 1. The number of hydrogen-bond donors (Lipinski definition) is 1.